The third kappa shape index (κ3) is 4.23. The molecule has 0 aromatic heterocycles. The van der Waals surface area contributed by atoms with E-state index in [-0.39, 0.29) is 11.9 Å². The van der Waals surface area contributed by atoms with E-state index < -0.39 is 0 Å². The van der Waals surface area contributed by atoms with E-state index >= 15 is 0 Å². The van der Waals surface area contributed by atoms with Crippen LogP contribution in [0.1, 0.15) is 24.1 Å². The molecule has 0 saturated heterocycles. The first-order valence-corrected chi connectivity index (χ1v) is 9.17. The third-order valence-electron chi connectivity index (χ3n) is 4.39. The molecule has 0 bridgehead atoms. The fraction of sp³-hybridized carbons (Fsp3) is 0.200. The number of halogens is 1. The van der Waals surface area contributed by atoms with Crippen LogP contribution in [0.2, 0.25) is 5.02 Å². The SMILES string of the molecule is COc1ccc([C@@H]2NC(=S)NC(C)=C2C(=O)Nc2ccc(C)c(Cl)c2)cc1. The molecule has 1 aliphatic rings. The summed E-state index contributed by atoms with van der Waals surface area (Å²) in [5, 5.41) is 10.2. The second kappa shape index (κ2) is 7.98. The van der Waals surface area contributed by atoms with Crippen molar-refractivity contribution in [3.63, 3.8) is 0 Å². The number of anilines is 1. The zero-order valence-corrected chi connectivity index (χ0v) is 16.8. The molecule has 5 nitrogen and oxygen atoms in total. The van der Waals surface area contributed by atoms with Crippen LogP contribution in [0, 0.1) is 6.92 Å². The number of methoxy groups -OCH3 is 1. The molecule has 1 atom stereocenters. The van der Waals surface area contributed by atoms with Gasteiger partial charge in [-0.25, -0.2) is 0 Å². The minimum Gasteiger partial charge on any atom is -0.497 e. The van der Waals surface area contributed by atoms with Crippen LogP contribution in [0.15, 0.2) is 53.7 Å². The number of hydrogen-bond donors (Lipinski definition) is 3. The zero-order valence-electron chi connectivity index (χ0n) is 15.2. The number of ether oxygens (including phenoxy) is 1. The summed E-state index contributed by atoms with van der Waals surface area (Å²) < 4.78 is 5.21. The summed E-state index contributed by atoms with van der Waals surface area (Å²) in [5.74, 6) is 0.520. The van der Waals surface area contributed by atoms with E-state index in [1.165, 1.54) is 0 Å². The number of rotatable bonds is 4. The average Bonchev–Trinajstić information content (AvgIpc) is 2.64. The van der Waals surface area contributed by atoms with E-state index in [1.807, 2.05) is 50.2 Å². The Morgan fingerprint density at radius 2 is 1.89 bits per heavy atom. The first kappa shape index (κ1) is 19.2. The highest BCUT2D eigenvalue weighted by atomic mass is 35.5. The van der Waals surface area contributed by atoms with Gasteiger partial charge in [0.2, 0.25) is 0 Å². The van der Waals surface area contributed by atoms with Gasteiger partial charge < -0.3 is 20.7 Å². The van der Waals surface area contributed by atoms with Crippen molar-refractivity contribution < 1.29 is 9.53 Å². The summed E-state index contributed by atoms with van der Waals surface area (Å²) in [6.07, 6.45) is 0. The molecule has 0 radical (unpaired) electrons. The molecule has 27 heavy (non-hydrogen) atoms. The summed E-state index contributed by atoms with van der Waals surface area (Å²) in [6, 6.07) is 12.6. The quantitative estimate of drug-likeness (QED) is 0.673. The van der Waals surface area contributed by atoms with Crippen LogP contribution in [0.5, 0.6) is 5.75 Å². The van der Waals surface area contributed by atoms with Crippen molar-refractivity contribution in [1.82, 2.24) is 10.6 Å². The van der Waals surface area contributed by atoms with Gasteiger partial charge in [0.25, 0.3) is 5.91 Å². The Morgan fingerprint density at radius 1 is 1.19 bits per heavy atom. The minimum atomic E-state index is -0.370. The molecular formula is C20H20ClN3O2S. The Labute approximate surface area is 168 Å². The van der Waals surface area contributed by atoms with Crippen molar-refractivity contribution >= 4 is 40.5 Å². The van der Waals surface area contributed by atoms with Crippen LogP contribution in [-0.2, 0) is 4.79 Å². The number of thiocarbonyl (C=S) groups is 1. The van der Waals surface area contributed by atoms with Crippen molar-refractivity contribution in [2.75, 3.05) is 12.4 Å². The molecule has 1 amide bonds. The van der Waals surface area contributed by atoms with Gasteiger partial charge in [0.05, 0.1) is 18.7 Å². The van der Waals surface area contributed by atoms with Gasteiger partial charge in [0, 0.05) is 16.4 Å². The molecule has 140 valence electrons. The Hall–Kier alpha value is -2.57. The number of carbonyl (C=O) groups excluding carboxylic acids is 1. The largest absolute Gasteiger partial charge is 0.497 e. The van der Waals surface area contributed by atoms with Gasteiger partial charge in [0.1, 0.15) is 5.75 Å². The van der Waals surface area contributed by atoms with Gasteiger partial charge in [-0.2, -0.15) is 0 Å². The number of hydrogen-bond acceptors (Lipinski definition) is 3. The second-order valence-electron chi connectivity index (χ2n) is 6.26. The predicted molar refractivity (Wildman–Crippen MR) is 112 cm³/mol. The molecule has 0 fully saturated rings. The van der Waals surface area contributed by atoms with Crippen molar-refractivity contribution in [2.45, 2.75) is 19.9 Å². The molecule has 3 N–H and O–H groups in total. The number of amides is 1. The standard InChI is InChI=1S/C20H20ClN3O2S/c1-11-4-7-14(10-16(11)21)23-19(25)17-12(2)22-20(27)24-18(17)13-5-8-15(26-3)9-6-13/h4-10,18H,1-3H3,(H,23,25)(H2,22,24,27)/t18-/m0/s1. The Balaban J connectivity index is 1.92. The van der Waals surface area contributed by atoms with Gasteiger partial charge in [-0.1, -0.05) is 29.8 Å². The predicted octanol–water partition coefficient (Wildman–Crippen LogP) is 4.09. The first-order valence-electron chi connectivity index (χ1n) is 8.39. The number of allylic oxidation sites excluding steroid dienone is 1. The zero-order chi connectivity index (χ0) is 19.6. The van der Waals surface area contributed by atoms with Crippen molar-refractivity contribution in [3.05, 3.63) is 69.9 Å². The molecule has 3 rings (SSSR count). The Morgan fingerprint density at radius 3 is 2.52 bits per heavy atom. The van der Waals surface area contributed by atoms with Crippen molar-refractivity contribution in [3.8, 4) is 5.75 Å². The van der Waals surface area contributed by atoms with E-state index in [4.69, 9.17) is 28.6 Å². The van der Waals surface area contributed by atoms with E-state index in [0.717, 1.165) is 16.9 Å². The highest BCUT2D eigenvalue weighted by Crippen LogP contribution is 2.29. The maximum atomic E-state index is 13.0. The van der Waals surface area contributed by atoms with Crippen molar-refractivity contribution in [2.24, 2.45) is 0 Å². The molecule has 0 spiro atoms. The molecule has 0 unspecified atom stereocenters. The summed E-state index contributed by atoms with van der Waals surface area (Å²) in [7, 11) is 1.61. The lowest BCUT2D eigenvalue weighted by Gasteiger charge is -2.30. The summed E-state index contributed by atoms with van der Waals surface area (Å²) in [4.78, 5) is 13.0. The minimum absolute atomic E-state index is 0.226. The van der Waals surface area contributed by atoms with Gasteiger partial charge in [-0.05, 0) is 61.5 Å². The van der Waals surface area contributed by atoms with Crippen molar-refractivity contribution in [1.29, 1.82) is 0 Å². The van der Waals surface area contributed by atoms with E-state index in [9.17, 15) is 4.79 Å². The van der Waals surface area contributed by atoms with Gasteiger partial charge in [0.15, 0.2) is 5.11 Å². The Bertz CT molecular complexity index is 925. The van der Waals surface area contributed by atoms with Gasteiger partial charge >= 0.3 is 0 Å². The highest BCUT2D eigenvalue weighted by Gasteiger charge is 2.30. The molecule has 0 saturated carbocycles. The Kier molecular flexibility index (Phi) is 5.68. The second-order valence-corrected chi connectivity index (χ2v) is 7.08. The van der Waals surface area contributed by atoms with Crippen LogP contribution >= 0.6 is 23.8 Å². The highest BCUT2D eigenvalue weighted by molar-refractivity contribution is 7.80. The first-order chi connectivity index (χ1) is 12.9. The molecule has 7 heteroatoms. The van der Waals surface area contributed by atoms with Crippen LogP contribution in [0.4, 0.5) is 5.69 Å². The lowest BCUT2D eigenvalue weighted by atomic mass is 9.95. The smallest absolute Gasteiger partial charge is 0.255 e. The van der Waals surface area contributed by atoms with Gasteiger partial charge in [-0.15, -0.1) is 0 Å². The van der Waals surface area contributed by atoms with E-state index in [1.54, 1.807) is 13.2 Å². The van der Waals surface area contributed by atoms with Gasteiger partial charge in [-0.3, -0.25) is 4.79 Å². The number of benzene rings is 2. The van der Waals surface area contributed by atoms with E-state index in [0.29, 0.717) is 27.1 Å². The average molecular weight is 402 g/mol. The third-order valence-corrected chi connectivity index (χ3v) is 5.02. The van der Waals surface area contributed by atoms with Crippen LogP contribution in [0.3, 0.4) is 0 Å². The monoisotopic (exact) mass is 401 g/mol. The fourth-order valence-electron chi connectivity index (χ4n) is 2.91. The molecule has 1 heterocycles. The number of carbonyl (C=O) groups is 1. The summed E-state index contributed by atoms with van der Waals surface area (Å²) in [5.41, 5.74) is 3.76. The maximum absolute atomic E-state index is 13.0. The molecule has 2 aromatic rings. The summed E-state index contributed by atoms with van der Waals surface area (Å²) >= 11 is 11.4. The summed E-state index contributed by atoms with van der Waals surface area (Å²) in [6.45, 7) is 3.75. The normalized spacial score (nSPS) is 16.4. The molecule has 1 aliphatic heterocycles. The number of aryl methyl sites for hydroxylation is 1. The molecule has 2 aromatic carbocycles. The fourth-order valence-corrected chi connectivity index (χ4v) is 3.36. The van der Waals surface area contributed by atoms with Crippen LogP contribution in [-0.4, -0.2) is 18.1 Å². The van der Waals surface area contributed by atoms with Crippen LogP contribution < -0.4 is 20.7 Å². The number of nitrogens with one attached hydrogen (secondary N) is 3. The lowest BCUT2D eigenvalue weighted by Crippen LogP contribution is -2.45. The topological polar surface area (TPSA) is 62.4 Å². The van der Waals surface area contributed by atoms with Crippen LogP contribution in [0.25, 0.3) is 0 Å². The van der Waals surface area contributed by atoms with E-state index in [2.05, 4.69) is 16.0 Å². The maximum Gasteiger partial charge on any atom is 0.255 e. The lowest BCUT2D eigenvalue weighted by molar-refractivity contribution is -0.113. The molecule has 0 aliphatic carbocycles. The molecular weight excluding hydrogens is 382 g/mol.